The largest absolute Gasteiger partial charge is 0.371 e. The van der Waals surface area contributed by atoms with Crippen molar-refractivity contribution in [1.29, 1.82) is 0 Å². The molecule has 0 bridgehead atoms. The minimum absolute atomic E-state index is 0.202. The summed E-state index contributed by atoms with van der Waals surface area (Å²) in [5.74, 6) is 0. The molecule has 1 saturated heterocycles. The molecule has 1 aromatic rings. The fourth-order valence-corrected chi connectivity index (χ4v) is 3.26. The van der Waals surface area contributed by atoms with Gasteiger partial charge in [-0.15, -0.1) is 0 Å². The van der Waals surface area contributed by atoms with Crippen LogP contribution in [0.1, 0.15) is 31.7 Å². The SMILES string of the molecule is CCC(N)Cc1cc(Cl)ccc1N(C)C1CCN(C)CC1. The second-order valence-electron chi connectivity index (χ2n) is 6.29. The zero-order chi connectivity index (χ0) is 15.4. The van der Waals surface area contributed by atoms with Gasteiger partial charge in [0, 0.05) is 29.8 Å². The Bertz CT molecular complexity index is 455. The molecule has 1 aliphatic rings. The van der Waals surface area contributed by atoms with Crippen molar-refractivity contribution in [3.05, 3.63) is 28.8 Å². The number of likely N-dealkylation sites (tertiary alicyclic amines) is 1. The summed E-state index contributed by atoms with van der Waals surface area (Å²) in [6.07, 6.45) is 4.32. The molecule has 2 N–H and O–H groups in total. The van der Waals surface area contributed by atoms with Crippen LogP contribution in [0.4, 0.5) is 5.69 Å². The Morgan fingerprint density at radius 2 is 2.05 bits per heavy atom. The second-order valence-corrected chi connectivity index (χ2v) is 6.73. The van der Waals surface area contributed by atoms with Gasteiger partial charge >= 0.3 is 0 Å². The summed E-state index contributed by atoms with van der Waals surface area (Å²) in [5, 5.41) is 0.800. The van der Waals surface area contributed by atoms with Gasteiger partial charge in [0.2, 0.25) is 0 Å². The van der Waals surface area contributed by atoms with Gasteiger partial charge in [-0.3, -0.25) is 0 Å². The summed E-state index contributed by atoms with van der Waals surface area (Å²) < 4.78 is 0. The lowest BCUT2D eigenvalue weighted by molar-refractivity contribution is 0.252. The number of hydrogen-bond acceptors (Lipinski definition) is 3. The van der Waals surface area contributed by atoms with Crippen molar-refractivity contribution in [2.75, 3.05) is 32.1 Å². The van der Waals surface area contributed by atoms with E-state index in [0.717, 1.165) is 17.9 Å². The quantitative estimate of drug-likeness (QED) is 0.907. The number of hydrogen-bond donors (Lipinski definition) is 1. The highest BCUT2D eigenvalue weighted by atomic mass is 35.5. The molecule has 0 amide bonds. The van der Waals surface area contributed by atoms with Crippen molar-refractivity contribution in [2.45, 2.75) is 44.7 Å². The van der Waals surface area contributed by atoms with E-state index in [4.69, 9.17) is 17.3 Å². The molecule has 0 aliphatic carbocycles. The van der Waals surface area contributed by atoms with Crippen LogP contribution in [0, 0.1) is 0 Å². The number of nitrogens with zero attached hydrogens (tertiary/aromatic N) is 2. The van der Waals surface area contributed by atoms with E-state index in [-0.39, 0.29) is 6.04 Å². The van der Waals surface area contributed by atoms with E-state index < -0.39 is 0 Å². The first-order valence-corrected chi connectivity index (χ1v) is 8.34. The molecule has 1 heterocycles. The third-order valence-corrected chi connectivity index (χ3v) is 4.90. The van der Waals surface area contributed by atoms with Crippen LogP contribution in [0.25, 0.3) is 0 Å². The first-order chi connectivity index (χ1) is 10.0. The van der Waals surface area contributed by atoms with Crippen LogP contribution in [0.2, 0.25) is 5.02 Å². The lowest BCUT2D eigenvalue weighted by atomic mass is 9.99. The fraction of sp³-hybridized carbons (Fsp3) is 0.647. The summed E-state index contributed by atoms with van der Waals surface area (Å²) in [5.41, 5.74) is 8.72. The highest BCUT2D eigenvalue weighted by molar-refractivity contribution is 6.30. The molecular weight excluding hydrogens is 282 g/mol. The van der Waals surface area contributed by atoms with E-state index >= 15 is 0 Å². The number of rotatable bonds is 5. The molecule has 2 rings (SSSR count). The molecule has 1 unspecified atom stereocenters. The zero-order valence-corrected chi connectivity index (χ0v) is 14.2. The summed E-state index contributed by atoms with van der Waals surface area (Å²) >= 11 is 6.19. The van der Waals surface area contributed by atoms with E-state index in [1.807, 2.05) is 6.07 Å². The minimum Gasteiger partial charge on any atom is -0.371 e. The van der Waals surface area contributed by atoms with E-state index in [1.165, 1.54) is 37.2 Å². The van der Waals surface area contributed by atoms with Crippen molar-refractivity contribution in [3.8, 4) is 0 Å². The van der Waals surface area contributed by atoms with Crippen molar-refractivity contribution in [1.82, 2.24) is 4.90 Å². The minimum atomic E-state index is 0.202. The molecule has 1 fully saturated rings. The van der Waals surface area contributed by atoms with E-state index in [2.05, 4.69) is 43.0 Å². The van der Waals surface area contributed by atoms with Gasteiger partial charge in [-0.1, -0.05) is 18.5 Å². The van der Waals surface area contributed by atoms with Crippen LogP contribution >= 0.6 is 11.6 Å². The Labute approximate surface area is 134 Å². The molecule has 0 saturated carbocycles. The maximum absolute atomic E-state index is 6.19. The third-order valence-electron chi connectivity index (χ3n) is 4.66. The average Bonchev–Trinajstić information content (AvgIpc) is 2.47. The molecule has 1 atom stereocenters. The molecule has 4 heteroatoms. The molecule has 0 spiro atoms. The Morgan fingerprint density at radius 1 is 1.38 bits per heavy atom. The molecule has 3 nitrogen and oxygen atoms in total. The topological polar surface area (TPSA) is 32.5 Å². The van der Waals surface area contributed by atoms with Crippen molar-refractivity contribution < 1.29 is 0 Å². The average molecular weight is 310 g/mol. The molecule has 21 heavy (non-hydrogen) atoms. The Kier molecular flexibility index (Phi) is 5.91. The number of piperidine rings is 1. The Balaban J connectivity index is 2.17. The molecule has 0 radical (unpaired) electrons. The van der Waals surface area contributed by atoms with Crippen LogP contribution in [0.3, 0.4) is 0 Å². The predicted octanol–water partition coefficient (Wildman–Crippen LogP) is 3.15. The number of benzene rings is 1. The maximum atomic E-state index is 6.19. The first kappa shape index (κ1) is 16.6. The van der Waals surface area contributed by atoms with Gasteiger partial charge in [0.25, 0.3) is 0 Å². The highest BCUT2D eigenvalue weighted by Crippen LogP contribution is 2.28. The van der Waals surface area contributed by atoms with E-state index in [9.17, 15) is 0 Å². The number of halogens is 1. The second kappa shape index (κ2) is 7.48. The summed E-state index contributed by atoms with van der Waals surface area (Å²) in [4.78, 5) is 4.83. The van der Waals surface area contributed by atoms with Crippen LogP contribution in [0.5, 0.6) is 0 Å². The highest BCUT2D eigenvalue weighted by Gasteiger charge is 2.22. The Morgan fingerprint density at radius 3 is 2.67 bits per heavy atom. The maximum Gasteiger partial charge on any atom is 0.0410 e. The van der Waals surface area contributed by atoms with Gasteiger partial charge in [0.15, 0.2) is 0 Å². The number of nitrogens with two attached hydrogens (primary N) is 1. The summed E-state index contributed by atoms with van der Waals surface area (Å²) in [6.45, 7) is 4.48. The predicted molar refractivity (Wildman–Crippen MR) is 92.3 cm³/mol. The lowest BCUT2D eigenvalue weighted by Crippen LogP contribution is -2.42. The zero-order valence-electron chi connectivity index (χ0n) is 13.5. The van der Waals surface area contributed by atoms with Crippen LogP contribution < -0.4 is 10.6 Å². The van der Waals surface area contributed by atoms with E-state index in [1.54, 1.807) is 0 Å². The fourth-order valence-electron chi connectivity index (χ4n) is 3.07. The molecule has 1 aliphatic heterocycles. The van der Waals surface area contributed by atoms with Gasteiger partial charge in [-0.2, -0.15) is 0 Å². The van der Waals surface area contributed by atoms with Crippen LogP contribution in [-0.2, 0) is 6.42 Å². The first-order valence-electron chi connectivity index (χ1n) is 7.96. The molecule has 118 valence electrons. The normalized spacial score (nSPS) is 18.7. The van der Waals surface area contributed by atoms with E-state index in [0.29, 0.717) is 6.04 Å². The van der Waals surface area contributed by atoms with Crippen LogP contribution in [-0.4, -0.2) is 44.2 Å². The van der Waals surface area contributed by atoms with Crippen LogP contribution in [0.15, 0.2) is 18.2 Å². The number of anilines is 1. The van der Waals surface area contributed by atoms with Crippen molar-refractivity contribution >= 4 is 17.3 Å². The van der Waals surface area contributed by atoms with Gasteiger partial charge in [0.1, 0.15) is 0 Å². The smallest absolute Gasteiger partial charge is 0.0410 e. The standard InChI is InChI=1S/C17H28ClN3/c1-4-15(19)12-13-11-14(18)5-6-17(13)21(3)16-7-9-20(2)10-8-16/h5-6,11,15-16H,4,7-10,12,19H2,1-3H3. The summed E-state index contributed by atoms with van der Waals surface area (Å²) in [7, 11) is 4.41. The molecule has 0 aromatic heterocycles. The Hall–Kier alpha value is -0.770. The van der Waals surface area contributed by atoms with Crippen molar-refractivity contribution in [3.63, 3.8) is 0 Å². The molecular formula is C17H28ClN3. The summed E-state index contributed by atoms with van der Waals surface area (Å²) in [6, 6.07) is 7.03. The van der Waals surface area contributed by atoms with Crippen molar-refractivity contribution in [2.24, 2.45) is 5.73 Å². The molecule has 1 aromatic carbocycles. The van der Waals surface area contributed by atoms with Gasteiger partial charge in [0.05, 0.1) is 0 Å². The monoisotopic (exact) mass is 309 g/mol. The van der Waals surface area contributed by atoms with Gasteiger partial charge in [-0.25, -0.2) is 0 Å². The van der Waals surface area contributed by atoms with Gasteiger partial charge in [-0.05, 0) is 69.6 Å². The third kappa shape index (κ3) is 4.35. The van der Waals surface area contributed by atoms with Gasteiger partial charge < -0.3 is 15.5 Å². The lowest BCUT2D eigenvalue weighted by Gasteiger charge is -2.37.